The van der Waals surface area contributed by atoms with E-state index in [9.17, 15) is 19.2 Å². The van der Waals surface area contributed by atoms with Gasteiger partial charge < -0.3 is 30.1 Å². The summed E-state index contributed by atoms with van der Waals surface area (Å²) in [5, 5.41) is 33.8. The molecule has 4 N–H and O–H groups in total. The molecule has 1 fully saturated rings. The molecular formula is C27H41NO9. The van der Waals surface area contributed by atoms with E-state index in [4.69, 9.17) is 25.2 Å². The number of benzene rings is 1. The first-order chi connectivity index (χ1) is 17.4. The maximum atomic E-state index is 13.1. The molecule has 2 rings (SSSR count). The molecule has 1 unspecified atom stereocenters. The molecule has 10 heteroatoms. The molecule has 10 nitrogen and oxygen atoms in total. The van der Waals surface area contributed by atoms with Crippen molar-refractivity contribution < 1.29 is 44.3 Å². The van der Waals surface area contributed by atoms with Crippen molar-refractivity contribution in [1.29, 1.82) is 0 Å². The zero-order valence-corrected chi connectivity index (χ0v) is 22.0. The van der Waals surface area contributed by atoms with Crippen molar-refractivity contribution in [3.05, 3.63) is 35.9 Å². The number of hydrogen-bond donors (Lipinski definition) is 4. The van der Waals surface area contributed by atoms with Crippen molar-refractivity contribution in [2.75, 3.05) is 26.2 Å². The lowest BCUT2D eigenvalue weighted by Gasteiger charge is -2.38. The van der Waals surface area contributed by atoms with Gasteiger partial charge in [0.2, 0.25) is 0 Å². The molecule has 1 saturated carbocycles. The highest BCUT2D eigenvalue weighted by Crippen LogP contribution is 2.42. The highest BCUT2D eigenvalue weighted by atomic mass is 16.5. The van der Waals surface area contributed by atoms with Crippen LogP contribution in [0.1, 0.15) is 71.3 Å². The quantitative estimate of drug-likeness (QED) is 0.283. The first-order valence-electron chi connectivity index (χ1n) is 12.7. The summed E-state index contributed by atoms with van der Waals surface area (Å²) in [5.74, 6) is -4.68. The van der Waals surface area contributed by atoms with Crippen LogP contribution in [0, 0.1) is 5.92 Å². The van der Waals surface area contributed by atoms with Gasteiger partial charge in [-0.2, -0.15) is 0 Å². The van der Waals surface area contributed by atoms with Gasteiger partial charge in [-0.25, -0.2) is 4.79 Å². The predicted molar refractivity (Wildman–Crippen MR) is 136 cm³/mol. The molecule has 0 amide bonds. The normalized spacial score (nSPS) is 15.7. The number of aliphatic hydroxyl groups is 1. The molecule has 0 saturated heterocycles. The van der Waals surface area contributed by atoms with Crippen molar-refractivity contribution >= 4 is 23.9 Å². The number of rotatable bonds is 13. The fourth-order valence-corrected chi connectivity index (χ4v) is 4.66. The van der Waals surface area contributed by atoms with Crippen LogP contribution in [0.4, 0.5) is 0 Å². The predicted octanol–water partition coefficient (Wildman–Crippen LogP) is 3.16. The molecule has 0 radical (unpaired) electrons. The second-order valence-electron chi connectivity index (χ2n) is 9.54. The summed E-state index contributed by atoms with van der Waals surface area (Å²) < 4.78 is 5.77. The molecule has 1 aromatic rings. The van der Waals surface area contributed by atoms with E-state index in [-0.39, 0.29) is 5.97 Å². The fraction of sp³-hybridized carbons (Fsp3) is 0.630. The van der Waals surface area contributed by atoms with E-state index in [1.807, 2.05) is 18.2 Å². The van der Waals surface area contributed by atoms with Crippen molar-refractivity contribution in [2.24, 2.45) is 5.92 Å². The number of hydrogen-bond acceptors (Lipinski definition) is 7. The largest absolute Gasteiger partial charge is 0.481 e. The molecule has 1 aliphatic rings. The second-order valence-corrected chi connectivity index (χ2v) is 9.54. The lowest BCUT2D eigenvalue weighted by Crippen LogP contribution is -2.43. The van der Waals surface area contributed by atoms with Gasteiger partial charge in [-0.15, -0.1) is 0 Å². The van der Waals surface area contributed by atoms with E-state index >= 15 is 0 Å². The smallest absolute Gasteiger partial charge is 0.336 e. The SMILES string of the molecule is CCN(CC)CCOC(=O)C(C)(c1ccccc1)C1CCCCC1.O=C(O)CC(O)(CC(=O)O)C(=O)O. The Morgan fingerprint density at radius 2 is 1.43 bits per heavy atom. The van der Waals surface area contributed by atoms with Crippen LogP contribution >= 0.6 is 0 Å². The number of aliphatic carboxylic acids is 3. The maximum absolute atomic E-state index is 13.1. The van der Waals surface area contributed by atoms with Crippen LogP contribution in [-0.4, -0.2) is 81.0 Å². The van der Waals surface area contributed by atoms with Crippen LogP contribution in [0.3, 0.4) is 0 Å². The number of likely N-dealkylation sites (N-methyl/N-ethyl adjacent to an activating group) is 1. The average molecular weight is 524 g/mol. The van der Waals surface area contributed by atoms with Crippen molar-refractivity contribution in [1.82, 2.24) is 4.90 Å². The van der Waals surface area contributed by atoms with E-state index in [1.54, 1.807) is 0 Å². The molecule has 208 valence electrons. The minimum atomic E-state index is -2.74. The summed E-state index contributed by atoms with van der Waals surface area (Å²) in [6, 6.07) is 10.2. The van der Waals surface area contributed by atoms with E-state index in [0.29, 0.717) is 12.5 Å². The number of carbonyl (C=O) groups excluding carboxylic acids is 1. The molecule has 0 aliphatic heterocycles. The van der Waals surface area contributed by atoms with Gasteiger partial charge in [0.25, 0.3) is 0 Å². The minimum Gasteiger partial charge on any atom is -0.481 e. The molecular weight excluding hydrogens is 482 g/mol. The minimum absolute atomic E-state index is 0.0484. The molecule has 0 bridgehead atoms. The highest BCUT2D eigenvalue weighted by Gasteiger charge is 2.44. The lowest BCUT2D eigenvalue weighted by atomic mass is 9.66. The van der Waals surface area contributed by atoms with E-state index in [1.165, 1.54) is 19.3 Å². The molecule has 1 aromatic carbocycles. The Bertz CT molecular complexity index is 863. The number of nitrogens with zero attached hydrogens (tertiary/aromatic N) is 1. The van der Waals surface area contributed by atoms with Gasteiger partial charge in [0.1, 0.15) is 6.61 Å². The Labute approximate surface area is 218 Å². The Kier molecular flexibility index (Phi) is 13.3. The van der Waals surface area contributed by atoms with E-state index in [2.05, 4.69) is 37.8 Å². The average Bonchev–Trinajstić information content (AvgIpc) is 2.86. The van der Waals surface area contributed by atoms with Crippen LogP contribution in [0.2, 0.25) is 0 Å². The summed E-state index contributed by atoms with van der Waals surface area (Å²) in [6.45, 7) is 9.66. The van der Waals surface area contributed by atoms with Gasteiger partial charge in [0.15, 0.2) is 5.60 Å². The molecule has 0 spiro atoms. The van der Waals surface area contributed by atoms with Gasteiger partial charge in [0, 0.05) is 6.54 Å². The van der Waals surface area contributed by atoms with Gasteiger partial charge in [-0.1, -0.05) is 63.4 Å². The number of carboxylic acids is 3. The Morgan fingerprint density at radius 1 is 0.919 bits per heavy atom. The van der Waals surface area contributed by atoms with Crippen LogP contribution in [0.15, 0.2) is 30.3 Å². The van der Waals surface area contributed by atoms with Crippen molar-refractivity contribution in [3.63, 3.8) is 0 Å². The third kappa shape index (κ3) is 9.77. The number of esters is 1. The van der Waals surface area contributed by atoms with Gasteiger partial charge in [-0.3, -0.25) is 14.4 Å². The summed E-state index contributed by atoms with van der Waals surface area (Å²) in [6.07, 6.45) is 3.69. The van der Waals surface area contributed by atoms with Gasteiger partial charge in [0.05, 0.1) is 18.3 Å². The number of ether oxygens (including phenoxy) is 1. The summed E-state index contributed by atoms with van der Waals surface area (Å²) in [4.78, 5) is 45.9. The Balaban J connectivity index is 0.000000448. The van der Waals surface area contributed by atoms with Crippen LogP contribution in [0.5, 0.6) is 0 Å². The van der Waals surface area contributed by atoms with Crippen molar-refractivity contribution in [3.8, 4) is 0 Å². The van der Waals surface area contributed by atoms with E-state index < -0.39 is 41.8 Å². The van der Waals surface area contributed by atoms with E-state index in [0.717, 1.165) is 38.0 Å². The third-order valence-electron chi connectivity index (χ3n) is 7.04. The van der Waals surface area contributed by atoms with Gasteiger partial charge >= 0.3 is 23.9 Å². The van der Waals surface area contributed by atoms with Crippen LogP contribution in [-0.2, 0) is 29.3 Å². The summed E-state index contributed by atoms with van der Waals surface area (Å²) in [7, 11) is 0. The molecule has 0 heterocycles. The Hall–Kier alpha value is -2.98. The number of carbonyl (C=O) groups is 4. The molecule has 1 atom stereocenters. The first kappa shape index (κ1) is 32.0. The standard InChI is InChI=1S/C21H33NO2.C6H8O7/c1-4-22(5-2)16-17-24-20(23)21(3,18-12-8-6-9-13-18)19-14-10-7-11-15-19;7-3(8)1-6(13,5(11)12)2-4(9)10/h6,8-9,12-13,19H,4-5,7,10-11,14-17H2,1-3H3;13H,1-2H2,(H,7,8)(H,9,10)(H,11,12). The first-order valence-corrected chi connectivity index (χ1v) is 12.7. The fourth-order valence-electron chi connectivity index (χ4n) is 4.66. The topological polar surface area (TPSA) is 162 Å². The Morgan fingerprint density at radius 3 is 1.86 bits per heavy atom. The lowest BCUT2D eigenvalue weighted by molar-refractivity contribution is -0.170. The van der Waals surface area contributed by atoms with Crippen LogP contribution in [0.25, 0.3) is 0 Å². The zero-order valence-electron chi connectivity index (χ0n) is 22.0. The molecule has 0 aromatic heterocycles. The summed E-state index contributed by atoms with van der Waals surface area (Å²) in [5.41, 5.74) is -2.16. The van der Waals surface area contributed by atoms with Gasteiger partial charge in [-0.05, 0) is 44.3 Å². The molecule has 1 aliphatic carbocycles. The molecule has 37 heavy (non-hydrogen) atoms. The summed E-state index contributed by atoms with van der Waals surface area (Å²) >= 11 is 0. The highest BCUT2D eigenvalue weighted by molar-refractivity contribution is 5.88. The maximum Gasteiger partial charge on any atom is 0.336 e. The van der Waals surface area contributed by atoms with Crippen molar-refractivity contribution in [2.45, 2.75) is 76.7 Å². The van der Waals surface area contributed by atoms with Crippen LogP contribution < -0.4 is 0 Å². The zero-order chi connectivity index (χ0) is 28.1. The third-order valence-corrected chi connectivity index (χ3v) is 7.04. The second kappa shape index (κ2) is 15.3. The monoisotopic (exact) mass is 523 g/mol. The number of carboxylic acid groups (broad SMARTS) is 3.